The maximum Gasteiger partial charge on any atom is 0.410 e. The number of amides is 2. The normalized spacial score (nSPS) is 22.8. The molecule has 5 nitrogen and oxygen atoms in total. The van der Waals surface area contributed by atoms with Crippen LogP contribution in [0.4, 0.5) is 4.79 Å². The molecule has 1 heterocycles. The summed E-state index contributed by atoms with van der Waals surface area (Å²) in [7, 11) is 1.33. The zero-order chi connectivity index (χ0) is 14.1. The number of carbonyl (C=O) groups excluding carboxylic acids is 2. The van der Waals surface area contributed by atoms with Gasteiger partial charge < -0.3 is 10.1 Å². The van der Waals surface area contributed by atoms with E-state index in [2.05, 4.69) is 5.32 Å². The van der Waals surface area contributed by atoms with Crippen molar-refractivity contribution in [1.29, 1.82) is 0 Å². The lowest BCUT2D eigenvalue weighted by molar-refractivity contribution is -0.127. The summed E-state index contributed by atoms with van der Waals surface area (Å²) in [5.41, 5.74) is -0.317. The van der Waals surface area contributed by atoms with Crippen LogP contribution in [-0.2, 0) is 9.53 Å². The van der Waals surface area contributed by atoms with E-state index in [0.717, 1.165) is 0 Å². The fourth-order valence-electron chi connectivity index (χ4n) is 1.94. The molecule has 0 bridgehead atoms. The van der Waals surface area contributed by atoms with Crippen molar-refractivity contribution in [2.45, 2.75) is 50.9 Å². The highest BCUT2D eigenvalue weighted by Gasteiger charge is 2.48. The average Bonchev–Trinajstić information content (AvgIpc) is 2.50. The molecule has 1 fully saturated rings. The zero-order valence-corrected chi connectivity index (χ0v) is 12.7. The molecule has 1 aliphatic heterocycles. The Kier molecular flexibility index (Phi) is 4.20. The second-order valence-corrected chi connectivity index (χ2v) is 7.56. The standard InChI is InChI=1S/C12H22N2O3S/c1-11(2,3)13-9(15)8-12(4,5)18-7-14(8)10(16)17-6/h8H,7H2,1-6H3,(H,13,15)/t8-/m1/s1. The molecule has 0 aromatic carbocycles. The number of methoxy groups -OCH3 is 1. The van der Waals surface area contributed by atoms with Crippen LogP contribution in [0, 0.1) is 0 Å². The van der Waals surface area contributed by atoms with E-state index in [4.69, 9.17) is 4.74 Å². The van der Waals surface area contributed by atoms with Crippen molar-refractivity contribution in [3.8, 4) is 0 Å². The molecule has 0 aromatic heterocycles. The summed E-state index contributed by atoms with van der Waals surface area (Å²) < 4.78 is 4.42. The molecule has 0 aromatic rings. The van der Waals surface area contributed by atoms with Crippen molar-refractivity contribution in [1.82, 2.24) is 10.2 Å². The summed E-state index contributed by atoms with van der Waals surface area (Å²) in [4.78, 5) is 25.5. The Balaban J connectivity index is 2.92. The van der Waals surface area contributed by atoms with E-state index in [9.17, 15) is 9.59 Å². The lowest BCUT2D eigenvalue weighted by atomic mass is 9.99. The summed E-state index contributed by atoms with van der Waals surface area (Å²) in [5.74, 6) is 0.338. The molecule has 1 saturated heterocycles. The van der Waals surface area contributed by atoms with Crippen LogP contribution < -0.4 is 5.32 Å². The third-order valence-corrected chi connectivity index (χ3v) is 4.08. The molecule has 1 atom stereocenters. The molecule has 0 saturated carbocycles. The summed E-state index contributed by atoms with van der Waals surface area (Å²) in [6.45, 7) is 9.69. The van der Waals surface area contributed by atoms with Crippen LogP contribution in [0.3, 0.4) is 0 Å². The van der Waals surface area contributed by atoms with E-state index in [1.54, 1.807) is 11.8 Å². The molecule has 1 N–H and O–H groups in total. The number of hydrogen-bond donors (Lipinski definition) is 1. The first-order valence-corrected chi connectivity index (χ1v) is 6.87. The minimum atomic E-state index is -0.505. The summed E-state index contributed by atoms with van der Waals surface area (Å²) in [6, 6.07) is -0.505. The van der Waals surface area contributed by atoms with Gasteiger partial charge in [-0.15, -0.1) is 11.8 Å². The van der Waals surface area contributed by atoms with Crippen LogP contribution >= 0.6 is 11.8 Å². The van der Waals surface area contributed by atoms with Crippen LogP contribution in [-0.4, -0.2) is 46.2 Å². The summed E-state index contributed by atoms with van der Waals surface area (Å²) >= 11 is 1.58. The molecule has 0 spiro atoms. The lowest BCUT2D eigenvalue weighted by Crippen LogP contribution is -2.56. The Hall–Kier alpha value is -0.910. The van der Waals surface area contributed by atoms with E-state index in [0.29, 0.717) is 5.88 Å². The molecule has 1 rings (SSSR count). The highest BCUT2D eigenvalue weighted by atomic mass is 32.2. The molecular formula is C12H22N2O3S. The second kappa shape index (κ2) is 4.99. The van der Waals surface area contributed by atoms with Gasteiger partial charge in [-0.3, -0.25) is 9.69 Å². The highest BCUT2D eigenvalue weighted by Crippen LogP contribution is 2.39. The predicted octanol–water partition coefficient (Wildman–Crippen LogP) is 1.82. The van der Waals surface area contributed by atoms with E-state index >= 15 is 0 Å². The number of ether oxygens (including phenoxy) is 1. The molecule has 1 aliphatic rings. The summed E-state index contributed by atoms with van der Waals surface area (Å²) in [5, 5.41) is 2.92. The van der Waals surface area contributed by atoms with Crippen molar-refractivity contribution in [3.05, 3.63) is 0 Å². The number of nitrogens with one attached hydrogen (secondary N) is 1. The van der Waals surface area contributed by atoms with Gasteiger partial charge in [-0.1, -0.05) is 0 Å². The Labute approximate surface area is 113 Å². The average molecular weight is 274 g/mol. The van der Waals surface area contributed by atoms with Crippen molar-refractivity contribution in [2.24, 2.45) is 0 Å². The number of thioether (sulfide) groups is 1. The zero-order valence-electron chi connectivity index (χ0n) is 11.9. The molecule has 6 heteroatoms. The van der Waals surface area contributed by atoms with Gasteiger partial charge in [0.15, 0.2) is 0 Å². The van der Waals surface area contributed by atoms with Crippen molar-refractivity contribution < 1.29 is 14.3 Å². The Morgan fingerprint density at radius 1 is 1.39 bits per heavy atom. The first-order valence-electron chi connectivity index (χ1n) is 5.89. The van der Waals surface area contributed by atoms with Crippen LogP contribution in [0.2, 0.25) is 0 Å². The number of hydrogen-bond acceptors (Lipinski definition) is 4. The second-order valence-electron chi connectivity index (χ2n) is 5.96. The lowest BCUT2D eigenvalue weighted by Gasteiger charge is -2.32. The Bertz CT molecular complexity index is 350. The van der Waals surface area contributed by atoms with Gasteiger partial charge in [-0.2, -0.15) is 0 Å². The molecule has 0 radical (unpaired) electrons. The van der Waals surface area contributed by atoms with Gasteiger partial charge in [0.05, 0.1) is 13.0 Å². The summed E-state index contributed by atoms with van der Waals surface area (Å²) in [6.07, 6.45) is -0.456. The topological polar surface area (TPSA) is 58.6 Å². The number of nitrogens with zero attached hydrogens (tertiary/aromatic N) is 1. The molecule has 0 aliphatic carbocycles. The molecule has 104 valence electrons. The van der Waals surface area contributed by atoms with Gasteiger partial charge in [-0.05, 0) is 34.6 Å². The van der Waals surface area contributed by atoms with Crippen molar-refractivity contribution in [3.63, 3.8) is 0 Å². The largest absolute Gasteiger partial charge is 0.453 e. The van der Waals surface area contributed by atoms with Crippen LogP contribution in [0.15, 0.2) is 0 Å². The molecular weight excluding hydrogens is 252 g/mol. The SMILES string of the molecule is COC(=O)N1CSC(C)(C)[C@H]1C(=O)NC(C)(C)C. The maximum atomic E-state index is 12.3. The molecule has 2 amide bonds. The van der Waals surface area contributed by atoms with Crippen LogP contribution in [0.1, 0.15) is 34.6 Å². The first kappa shape index (κ1) is 15.1. The van der Waals surface area contributed by atoms with Crippen molar-refractivity contribution in [2.75, 3.05) is 13.0 Å². The maximum absolute atomic E-state index is 12.3. The quantitative estimate of drug-likeness (QED) is 0.792. The minimum Gasteiger partial charge on any atom is -0.453 e. The Morgan fingerprint density at radius 2 is 1.94 bits per heavy atom. The van der Waals surface area contributed by atoms with Crippen LogP contribution in [0.25, 0.3) is 0 Å². The van der Waals surface area contributed by atoms with E-state index in [-0.39, 0.29) is 16.2 Å². The van der Waals surface area contributed by atoms with Crippen molar-refractivity contribution >= 4 is 23.8 Å². The van der Waals surface area contributed by atoms with Gasteiger partial charge in [0.1, 0.15) is 6.04 Å². The fraction of sp³-hybridized carbons (Fsp3) is 0.833. The fourth-order valence-corrected chi connectivity index (χ4v) is 3.05. The number of rotatable bonds is 1. The first-order chi connectivity index (χ1) is 8.08. The van der Waals surface area contributed by atoms with E-state index < -0.39 is 12.1 Å². The number of carbonyl (C=O) groups is 2. The third-order valence-electron chi connectivity index (χ3n) is 2.70. The van der Waals surface area contributed by atoms with Crippen LogP contribution in [0.5, 0.6) is 0 Å². The smallest absolute Gasteiger partial charge is 0.410 e. The van der Waals surface area contributed by atoms with Gasteiger partial charge in [0.2, 0.25) is 5.91 Å². The minimum absolute atomic E-state index is 0.136. The van der Waals surface area contributed by atoms with Gasteiger partial charge in [-0.25, -0.2) is 4.79 Å². The molecule has 18 heavy (non-hydrogen) atoms. The van der Waals surface area contributed by atoms with Gasteiger partial charge in [0.25, 0.3) is 0 Å². The molecule has 0 unspecified atom stereocenters. The monoisotopic (exact) mass is 274 g/mol. The van der Waals surface area contributed by atoms with Gasteiger partial charge in [0, 0.05) is 10.3 Å². The Morgan fingerprint density at radius 3 is 2.39 bits per heavy atom. The third kappa shape index (κ3) is 3.31. The predicted molar refractivity (Wildman–Crippen MR) is 72.5 cm³/mol. The van der Waals surface area contributed by atoms with E-state index in [1.807, 2.05) is 34.6 Å². The van der Waals surface area contributed by atoms with Gasteiger partial charge >= 0.3 is 6.09 Å². The highest BCUT2D eigenvalue weighted by molar-refractivity contribution is 8.00. The van der Waals surface area contributed by atoms with E-state index in [1.165, 1.54) is 12.0 Å².